The number of para-hydroxylation sites is 1. The Bertz CT molecular complexity index is 1070. The summed E-state index contributed by atoms with van der Waals surface area (Å²) in [6.07, 6.45) is 0.858. The zero-order chi connectivity index (χ0) is 23.6. The van der Waals surface area contributed by atoms with Crippen LogP contribution in [0.4, 0.5) is 5.69 Å². The Morgan fingerprint density at radius 1 is 0.970 bits per heavy atom. The molecule has 0 fully saturated rings. The summed E-state index contributed by atoms with van der Waals surface area (Å²) < 4.78 is 18.1. The van der Waals surface area contributed by atoms with Gasteiger partial charge in [0, 0.05) is 23.2 Å². The summed E-state index contributed by atoms with van der Waals surface area (Å²) in [6.45, 7) is 4.18. The number of benzene rings is 3. The molecule has 0 aliphatic heterocycles. The average molecular weight is 515 g/mol. The Morgan fingerprint density at radius 3 is 2.39 bits per heavy atom. The number of non-ortho nitro benzene ring substituents is 1. The van der Waals surface area contributed by atoms with Gasteiger partial charge in [-0.2, -0.15) is 0 Å². The topological polar surface area (TPSA) is 82.9 Å². The van der Waals surface area contributed by atoms with Crippen LogP contribution in [0.25, 0.3) is 0 Å². The van der Waals surface area contributed by atoms with Gasteiger partial charge in [-0.1, -0.05) is 34.1 Å². The third kappa shape index (κ3) is 6.94. The summed E-state index contributed by atoms with van der Waals surface area (Å²) in [7, 11) is 1.68. The molecule has 8 heteroatoms. The molecule has 0 saturated heterocycles. The summed E-state index contributed by atoms with van der Waals surface area (Å²) >= 11 is 3.63. The fourth-order valence-corrected chi connectivity index (χ4v) is 3.79. The van der Waals surface area contributed by atoms with Crippen molar-refractivity contribution in [2.24, 2.45) is 0 Å². The lowest BCUT2D eigenvalue weighted by molar-refractivity contribution is -0.384. The standard InChI is InChI=1S/C25H27BrN2O5/c1-3-32-24-14-20(16-27-13-12-19-6-4-5-7-23(19)31-2)22(26)15-25(24)33-17-18-8-10-21(11-9-18)28(29)30/h4-11,14-15,27H,3,12-13,16-17H2,1-2H3. The molecule has 0 heterocycles. The number of methoxy groups -OCH3 is 1. The van der Waals surface area contributed by atoms with Gasteiger partial charge in [0.1, 0.15) is 12.4 Å². The highest BCUT2D eigenvalue weighted by molar-refractivity contribution is 9.10. The van der Waals surface area contributed by atoms with Crippen LogP contribution >= 0.6 is 15.9 Å². The monoisotopic (exact) mass is 514 g/mol. The highest BCUT2D eigenvalue weighted by Gasteiger charge is 2.12. The molecule has 3 rings (SSSR count). The molecule has 0 unspecified atom stereocenters. The molecule has 3 aromatic carbocycles. The zero-order valence-corrected chi connectivity index (χ0v) is 20.3. The maximum Gasteiger partial charge on any atom is 0.269 e. The first-order chi connectivity index (χ1) is 16.0. The van der Waals surface area contributed by atoms with Gasteiger partial charge in [0.15, 0.2) is 11.5 Å². The second-order valence-electron chi connectivity index (χ2n) is 7.27. The Balaban J connectivity index is 1.61. The molecule has 3 aromatic rings. The minimum Gasteiger partial charge on any atom is -0.496 e. The van der Waals surface area contributed by atoms with Crippen molar-refractivity contribution in [1.82, 2.24) is 5.32 Å². The van der Waals surface area contributed by atoms with E-state index in [1.807, 2.05) is 37.3 Å². The molecule has 0 bridgehead atoms. The van der Waals surface area contributed by atoms with Gasteiger partial charge < -0.3 is 19.5 Å². The smallest absolute Gasteiger partial charge is 0.269 e. The maximum absolute atomic E-state index is 10.8. The number of halogens is 1. The minimum absolute atomic E-state index is 0.0547. The van der Waals surface area contributed by atoms with Crippen molar-refractivity contribution >= 4 is 21.6 Å². The van der Waals surface area contributed by atoms with Gasteiger partial charge in [-0.15, -0.1) is 0 Å². The molecular weight excluding hydrogens is 488 g/mol. The van der Waals surface area contributed by atoms with E-state index in [0.717, 1.165) is 39.9 Å². The second kappa shape index (κ2) is 12.2. The second-order valence-corrected chi connectivity index (χ2v) is 8.13. The maximum atomic E-state index is 10.8. The fraction of sp³-hybridized carbons (Fsp3) is 0.280. The third-order valence-electron chi connectivity index (χ3n) is 5.03. The highest BCUT2D eigenvalue weighted by atomic mass is 79.9. The summed E-state index contributed by atoms with van der Waals surface area (Å²) in [5.74, 6) is 2.16. The molecule has 0 radical (unpaired) electrons. The lowest BCUT2D eigenvalue weighted by atomic mass is 10.1. The van der Waals surface area contributed by atoms with E-state index in [2.05, 4.69) is 27.3 Å². The Morgan fingerprint density at radius 2 is 1.70 bits per heavy atom. The van der Waals surface area contributed by atoms with Crippen molar-refractivity contribution < 1.29 is 19.1 Å². The highest BCUT2D eigenvalue weighted by Crippen LogP contribution is 2.34. The molecule has 174 valence electrons. The molecule has 1 N–H and O–H groups in total. The number of nitro benzene ring substituents is 1. The SMILES string of the molecule is CCOc1cc(CNCCc2ccccc2OC)c(Br)cc1OCc1ccc([N+](=O)[O-])cc1. The van der Waals surface area contributed by atoms with Crippen molar-refractivity contribution in [2.45, 2.75) is 26.5 Å². The van der Waals surface area contributed by atoms with Crippen LogP contribution < -0.4 is 19.5 Å². The summed E-state index contributed by atoms with van der Waals surface area (Å²) in [5, 5.41) is 14.3. The Kier molecular flexibility index (Phi) is 9.09. The van der Waals surface area contributed by atoms with Crippen LogP contribution in [-0.4, -0.2) is 25.2 Å². The van der Waals surface area contributed by atoms with Gasteiger partial charge in [0.2, 0.25) is 0 Å². The predicted molar refractivity (Wildman–Crippen MR) is 131 cm³/mol. The molecule has 0 aliphatic rings. The van der Waals surface area contributed by atoms with E-state index in [-0.39, 0.29) is 12.3 Å². The minimum atomic E-state index is -0.419. The first-order valence-corrected chi connectivity index (χ1v) is 11.4. The average Bonchev–Trinajstić information content (AvgIpc) is 2.83. The van der Waals surface area contributed by atoms with Crippen LogP contribution in [0.1, 0.15) is 23.6 Å². The molecular formula is C25H27BrN2O5. The van der Waals surface area contributed by atoms with E-state index in [1.165, 1.54) is 12.1 Å². The summed E-state index contributed by atoms with van der Waals surface area (Å²) in [4.78, 5) is 10.4. The van der Waals surface area contributed by atoms with Gasteiger partial charge in [0.05, 0.1) is 18.6 Å². The molecule has 0 saturated carbocycles. The molecule has 0 aromatic heterocycles. The summed E-state index contributed by atoms with van der Waals surface area (Å²) in [5.41, 5.74) is 3.11. The zero-order valence-electron chi connectivity index (χ0n) is 18.7. The molecule has 0 aliphatic carbocycles. The molecule has 0 spiro atoms. The molecule has 33 heavy (non-hydrogen) atoms. The molecule has 7 nitrogen and oxygen atoms in total. The van der Waals surface area contributed by atoms with Crippen molar-refractivity contribution in [3.63, 3.8) is 0 Å². The normalized spacial score (nSPS) is 10.6. The van der Waals surface area contributed by atoms with Gasteiger partial charge in [-0.25, -0.2) is 0 Å². The number of nitro groups is 1. The van der Waals surface area contributed by atoms with Gasteiger partial charge in [-0.3, -0.25) is 10.1 Å². The lowest BCUT2D eigenvalue weighted by Crippen LogP contribution is -2.17. The van der Waals surface area contributed by atoms with E-state index in [0.29, 0.717) is 24.7 Å². The predicted octanol–water partition coefficient (Wildman–Crippen LogP) is 5.68. The van der Waals surface area contributed by atoms with E-state index >= 15 is 0 Å². The van der Waals surface area contributed by atoms with Crippen LogP contribution in [0, 0.1) is 10.1 Å². The largest absolute Gasteiger partial charge is 0.496 e. The quantitative estimate of drug-likeness (QED) is 0.190. The van der Waals surface area contributed by atoms with Gasteiger partial charge in [-0.05, 0) is 66.9 Å². The van der Waals surface area contributed by atoms with Crippen LogP contribution in [0.5, 0.6) is 17.2 Å². The fourth-order valence-electron chi connectivity index (χ4n) is 3.32. The number of nitrogens with zero attached hydrogens (tertiary/aromatic N) is 1. The lowest BCUT2D eigenvalue weighted by Gasteiger charge is -2.16. The number of hydrogen-bond donors (Lipinski definition) is 1. The van der Waals surface area contributed by atoms with E-state index < -0.39 is 4.92 Å². The van der Waals surface area contributed by atoms with Crippen LogP contribution in [0.2, 0.25) is 0 Å². The first kappa shape index (κ1) is 24.5. The van der Waals surface area contributed by atoms with Crippen molar-refractivity contribution in [3.05, 3.63) is 91.9 Å². The molecule has 0 atom stereocenters. The van der Waals surface area contributed by atoms with Crippen LogP contribution in [0.3, 0.4) is 0 Å². The molecule has 0 amide bonds. The van der Waals surface area contributed by atoms with Crippen molar-refractivity contribution in [2.75, 3.05) is 20.3 Å². The number of ether oxygens (including phenoxy) is 3. The van der Waals surface area contributed by atoms with E-state index in [1.54, 1.807) is 19.2 Å². The van der Waals surface area contributed by atoms with Crippen LogP contribution in [0.15, 0.2) is 65.1 Å². The van der Waals surface area contributed by atoms with Crippen molar-refractivity contribution in [3.8, 4) is 17.2 Å². The third-order valence-corrected chi connectivity index (χ3v) is 5.77. The van der Waals surface area contributed by atoms with E-state index in [4.69, 9.17) is 14.2 Å². The van der Waals surface area contributed by atoms with Crippen molar-refractivity contribution in [1.29, 1.82) is 0 Å². The van der Waals surface area contributed by atoms with Gasteiger partial charge in [0.25, 0.3) is 5.69 Å². The Hall–Kier alpha value is -3.10. The Labute approximate surface area is 202 Å². The van der Waals surface area contributed by atoms with Crippen LogP contribution in [-0.2, 0) is 19.6 Å². The summed E-state index contributed by atoms with van der Waals surface area (Å²) in [6, 6.07) is 18.2. The van der Waals surface area contributed by atoms with E-state index in [9.17, 15) is 10.1 Å². The number of rotatable bonds is 12. The number of nitrogens with one attached hydrogen (secondary N) is 1. The number of hydrogen-bond acceptors (Lipinski definition) is 6. The van der Waals surface area contributed by atoms with Gasteiger partial charge >= 0.3 is 0 Å². The first-order valence-electron chi connectivity index (χ1n) is 10.7.